The summed E-state index contributed by atoms with van der Waals surface area (Å²) < 4.78 is -0.294. The van der Waals surface area contributed by atoms with E-state index < -0.39 is 5.41 Å². The lowest BCUT2D eigenvalue weighted by Crippen LogP contribution is -2.30. The lowest BCUT2D eigenvalue weighted by atomic mass is 10.1. The zero-order valence-corrected chi connectivity index (χ0v) is 13.2. The van der Waals surface area contributed by atoms with Gasteiger partial charge in [0, 0.05) is 18.0 Å². The minimum absolute atomic E-state index is 0.0929. The van der Waals surface area contributed by atoms with Crippen molar-refractivity contribution in [2.24, 2.45) is 10.5 Å². The summed E-state index contributed by atoms with van der Waals surface area (Å²) in [5.41, 5.74) is 3.85. The second-order valence-electron chi connectivity index (χ2n) is 4.59. The Bertz CT molecular complexity index is 501. The number of hydrogen-bond acceptors (Lipinski definition) is 3. The number of alkyl halides is 2. The average molecular weight is 375 g/mol. The predicted molar refractivity (Wildman–Crippen MR) is 77.9 cm³/mol. The van der Waals surface area contributed by atoms with Crippen LogP contribution in [0.5, 0.6) is 0 Å². The van der Waals surface area contributed by atoms with E-state index in [4.69, 9.17) is 0 Å². The van der Waals surface area contributed by atoms with Gasteiger partial charge in [-0.05, 0) is 32.4 Å². The number of hydrazone groups is 1. The highest BCUT2D eigenvalue weighted by atomic mass is 79.9. The Morgan fingerprint density at radius 1 is 1.44 bits per heavy atom. The molecule has 1 saturated carbocycles. The van der Waals surface area contributed by atoms with Crippen molar-refractivity contribution in [1.29, 1.82) is 0 Å². The van der Waals surface area contributed by atoms with Gasteiger partial charge in [0.15, 0.2) is 0 Å². The summed E-state index contributed by atoms with van der Waals surface area (Å²) in [6.45, 7) is 3.74. The molecule has 1 amide bonds. The normalized spacial score (nSPS) is 25.7. The number of nitrogens with one attached hydrogen (secondary N) is 1. The van der Waals surface area contributed by atoms with Crippen LogP contribution in [0.25, 0.3) is 0 Å². The molecule has 1 atom stereocenters. The number of amides is 1. The maximum atomic E-state index is 12.0. The van der Waals surface area contributed by atoms with E-state index in [1.54, 1.807) is 12.4 Å². The SMILES string of the molecule is C/C(=N/NC(=O)[C@]1(C)CC1(Br)Br)c1ccncc1. The number of nitrogens with zero attached hydrogens (tertiary/aromatic N) is 2. The van der Waals surface area contributed by atoms with Crippen LogP contribution >= 0.6 is 31.9 Å². The van der Waals surface area contributed by atoms with Crippen molar-refractivity contribution < 1.29 is 4.79 Å². The van der Waals surface area contributed by atoms with E-state index >= 15 is 0 Å². The molecular weight excluding hydrogens is 362 g/mol. The van der Waals surface area contributed by atoms with Gasteiger partial charge in [-0.1, -0.05) is 31.9 Å². The Morgan fingerprint density at radius 2 is 2.00 bits per heavy atom. The average Bonchev–Trinajstić information content (AvgIpc) is 2.87. The molecule has 0 radical (unpaired) electrons. The molecule has 0 aliphatic heterocycles. The molecule has 4 nitrogen and oxygen atoms in total. The van der Waals surface area contributed by atoms with Gasteiger partial charge in [-0.2, -0.15) is 5.10 Å². The van der Waals surface area contributed by atoms with Gasteiger partial charge in [0.1, 0.15) is 0 Å². The first-order chi connectivity index (χ1) is 8.37. The van der Waals surface area contributed by atoms with E-state index in [1.807, 2.05) is 26.0 Å². The molecule has 1 aromatic rings. The Hall–Kier alpha value is -0.750. The molecule has 96 valence electrons. The summed E-state index contributed by atoms with van der Waals surface area (Å²) in [5, 5.41) is 4.11. The van der Waals surface area contributed by atoms with E-state index in [9.17, 15) is 4.79 Å². The molecule has 1 aliphatic rings. The highest BCUT2D eigenvalue weighted by Gasteiger charge is 2.66. The van der Waals surface area contributed by atoms with Crippen molar-refractivity contribution in [3.63, 3.8) is 0 Å². The lowest BCUT2D eigenvalue weighted by Gasteiger charge is -2.10. The van der Waals surface area contributed by atoms with Crippen molar-refractivity contribution >= 4 is 43.5 Å². The quantitative estimate of drug-likeness (QED) is 0.502. The van der Waals surface area contributed by atoms with Crippen LogP contribution in [0.2, 0.25) is 0 Å². The molecule has 0 saturated heterocycles. The van der Waals surface area contributed by atoms with Crippen LogP contribution in [-0.4, -0.2) is 19.8 Å². The predicted octanol–water partition coefficient (Wildman–Crippen LogP) is 2.82. The van der Waals surface area contributed by atoms with Crippen LogP contribution in [0.1, 0.15) is 25.8 Å². The van der Waals surface area contributed by atoms with Gasteiger partial charge < -0.3 is 0 Å². The Labute approximate surface area is 123 Å². The molecule has 1 heterocycles. The van der Waals surface area contributed by atoms with Crippen LogP contribution < -0.4 is 5.43 Å². The summed E-state index contributed by atoms with van der Waals surface area (Å²) in [6, 6.07) is 3.70. The van der Waals surface area contributed by atoms with Crippen LogP contribution in [0.4, 0.5) is 0 Å². The number of halogens is 2. The third-order valence-electron chi connectivity index (χ3n) is 3.18. The molecule has 6 heteroatoms. The van der Waals surface area contributed by atoms with Gasteiger partial charge in [0.25, 0.3) is 0 Å². The van der Waals surface area contributed by atoms with Crippen LogP contribution in [0.15, 0.2) is 29.6 Å². The number of rotatable bonds is 3. The number of carbonyl (C=O) groups is 1. The maximum Gasteiger partial charge on any atom is 0.248 e. The topological polar surface area (TPSA) is 54.4 Å². The first kappa shape index (κ1) is 13.7. The molecule has 0 unspecified atom stereocenters. The fraction of sp³-hybridized carbons (Fsp3) is 0.417. The first-order valence-corrected chi connectivity index (χ1v) is 7.08. The Kier molecular flexibility index (Phi) is 3.60. The number of carbonyl (C=O) groups excluding carboxylic acids is 1. The lowest BCUT2D eigenvalue weighted by molar-refractivity contribution is -0.125. The van der Waals surface area contributed by atoms with Gasteiger partial charge in [0.05, 0.1) is 14.4 Å². The number of hydrogen-bond donors (Lipinski definition) is 1. The minimum atomic E-state index is -0.449. The number of pyridine rings is 1. The molecule has 1 aromatic heterocycles. The van der Waals surface area contributed by atoms with Crippen LogP contribution in [-0.2, 0) is 4.79 Å². The molecule has 1 fully saturated rings. The van der Waals surface area contributed by atoms with Crippen molar-refractivity contribution in [1.82, 2.24) is 10.4 Å². The van der Waals surface area contributed by atoms with Crippen molar-refractivity contribution in [3.05, 3.63) is 30.1 Å². The monoisotopic (exact) mass is 373 g/mol. The smallest absolute Gasteiger partial charge is 0.248 e. The number of aromatic nitrogens is 1. The molecule has 1 N–H and O–H groups in total. The summed E-state index contributed by atoms with van der Waals surface area (Å²) >= 11 is 6.92. The highest BCUT2D eigenvalue weighted by Crippen LogP contribution is 2.66. The van der Waals surface area contributed by atoms with Crippen LogP contribution in [0.3, 0.4) is 0 Å². The minimum Gasteiger partial charge on any atom is -0.272 e. The zero-order chi connectivity index (χ0) is 13.4. The van der Waals surface area contributed by atoms with Gasteiger partial charge >= 0.3 is 0 Å². The largest absolute Gasteiger partial charge is 0.272 e. The van der Waals surface area contributed by atoms with Crippen molar-refractivity contribution in [3.8, 4) is 0 Å². The molecule has 1 aliphatic carbocycles. The fourth-order valence-electron chi connectivity index (χ4n) is 1.56. The molecule has 0 aromatic carbocycles. The van der Waals surface area contributed by atoms with E-state index in [-0.39, 0.29) is 9.14 Å². The van der Waals surface area contributed by atoms with Crippen molar-refractivity contribution in [2.45, 2.75) is 23.5 Å². The summed E-state index contributed by atoms with van der Waals surface area (Å²) in [4.78, 5) is 15.9. The Balaban J connectivity index is 2.02. The molecule has 0 bridgehead atoms. The van der Waals surface area contributed by atoms with Gasteiger partial charge in [-0.25, -0.2) is 5.43 Å². The molecular formula is C12H13Br2N3O. The maximum absolute atomic E-state index is 12.0. The van der Waals surface area contributed by atoms with Gasteiger partial charge in [0.2, 0.25) is 5.91 Å². The van der Waals surface area contributed by atoms with Gasteiger partial charge in [-0.15, -0.1) is 0 Å². The second-order valence-corrected chi connectivity index (χ2v) is 8.36. The van der Waals surface area contributed by atoms with E-state index in [1.165, 1.54) is 0 Å². The summed E-state index contributed by atoms with van der Waals surface area (Å²) in [7, 11) is 0. The molecule has 2 rings (SSSR count). The van der Waals surface area contributed by atoms with Gasteiger partial charge in [-0.3, -0.25) is 9.78 Å². The summed E-state index contributed by atoms with van der Waals surface area (Å²) in [6.07, 6.45) is 4.14. The third kappa shape index (κ3) is 2.49. The highest BCUT2D eigenvalue weighted by molar-refractivity contribution is 9.25. The fourth-order valence-corrected chi connectivity index (χ4v) is 3.04. The first-order valence-electron chi connectivity index (χ1n) is 5.50. The second kappa shape index (κ2) is 4.74. The van der Waals surface area contributed by atoms with Crippen molar-refractivity contribution in [2.75, 3.05) is 0 Å². The standard InChI is InChI=1S/C12H13Br2N3O/c1-8(9-3-5-15-6-4-9)16-17-10(18)11(2)7-12(11,13)14/h3-6H,7H2,1-2H3,(H,17,18)/b16-8-/t11-/m0/s1. The van der Waals surface area contributed by atoms with E-state index in [0.29, 0.717) is 0 Å². The third-order valence-corrected chi connectivity index (χ3v) is 5.49. The molecule has 18 heavy (non-hydrogen) atoms. The van der Waals surface area contributed by atoms with E-state index in [0.717, 1.165) is 17.7 Å². The molecule has 0 spiro atoms. The zero-order valence-electron chi connectivity index (χ0n) is 10.1. The summed E-state index contributed by atoms with van der Waals surface area (Å²) in [5.74, 6) is -0.0929. The van der Waals surface area contributed by atoms with E-state index in [2.05, 4.69) is 47.4 Å². The van der Waals surface area contributed by atoms with Crippen LogP contribution in [0, 0.1) is 5.41 Å². The Morgan fingerprint density at radius 3 is 2.50 bits per heavy atom.